The molecule has 2 N–H and O–H groups in total. The topological polar surface area (TPSA) is 147 Å². The molecule has 0 aromatic heterocycles. The van der Waals surface area contributed by atoms with Gasteiger partial charge in [0.25, 0.3) is 17.5 Å². The first-order chi connectivity index (χ1) is 11.6. The molecule has 3 amide bonds. The maximum Gasteiger partial charge on any atom is 0.335 e. The van der Waals surface area contributed by atoms with Gasteiger partial charge in [-0.05, 0) is 19.9 Å². The Morgan fingerprint density at radius 3 is 2.36 bits per heavy atom. The fraction of sp³-hybridized carbons (Fsp3) is 0.333. The molecule has 10 heteroatoms. The standard InChI is InChI=1S/C15H15N3O7/c1-7(2)17-12(19)6-11(14(17)21)16-13(20)8-3-9(15(22)23)5-10(4-8)18(24)25/h3-5,7,11H,6H2,1-2H3,(H,16,20)(H,22,23). The van der Waals surface area contributed by atoms with Crippen LogP contribution in [-0.2, 0) is 9.59 Å². The van der Waals surface area contributed by atoms with Crippen molar-refractivity contribution in [1.82, 2.24) is 10.2 Å². The van der Waals surface area contributed by atoms with Crippen molar-refractivity contribution in [3.05, 3.63) is 39.4 Å². The first kappa shape index (κ1) is 18.0. The fourth-order valence-electron chi connectivity index (χ4n) is 2.52. The number of carboxylic acids is 1. The van der Waals surface area contributed by atoms with E-state index in [2.05, 4.69) is 5.32 Å². The van der Waals surface area contributed by atoms with Crippen molar-refractivity contribution in [2.45, 2.75) is 32.4 Å². The van der Waals surface area contributed by atoms with Crippen LogP contribution in [0.3, 0.4) is 0 Å². The normalized spacial score (nSPS) is 17.1. The van der Waals surface area contributed by atoms with Crippen molar-refractivity contribution in [2.24, 2.45) is 0 Å². The zero-order valence-electron chi connectivity index (χ0n) is 13.4. The van der Waals surface area contributed by atoms with E-state index in [9.17, 15) is 29.3 Å². The van der Waals surface area contributed by atoms with Gasteiger partial charge >= 0.3 is 5.97 Å². The van der Waals surface area contributed by atoms with Gasteiger partial charge in [0.15, 0.2) is 0 Å². The summed E-state index contributed by atoms with van der Waals surface area (Å²) >= 11 is 0. The molecule has 132 valence electrons. The highest BCUT2D eigenvalue weighted by atomic mass is 16.6. The predicted octanol–water partition coefficient (Wildman–Crippen LogP) is 0.559. The van der Waals surface area contributed by atoms with Gasteiger partial charge in [-0.1, -0.05) is 0 Å². The number of nitro benzene ring substituents is 1. The number of aromatic carboxylic acids is 1. The summed E-state index contributed by atoms with van der Waals surface area (Å²) in [5.41, 5.74) is -1.28. The maximum atomic E-state index is 12.3. The summed E-state index contributed by atoms with van der Waals surface area (Å²) in [6.45, 7) is 3.30. The molecule has 0 saturated carbocycles. The highest BCUT2D eigenvalue weighted by Gasteiger charge is 2.40. The van der Waals surface area contributed by atoms with Crippen molar-refractivity contribution in [3.63, 3.8) is 0 Å². The number of carbonyl (C=O) groups is 4. The molecule has 1 fully saturated rings. The number of nitro groups is 1. The van der Waals surface area contributed by atoms with Gasteiger partial charge in [-0.3, -0.25) is 29.4 Å². The Kier molecular flexibility index (Phi) is 4.82. The Balaban J connectivity index is 2.27. The molecule has 0 bridgehead atoms. The minimum absolute atomic E-state index is 0.219. The summed E-state index contributed by atoms with van der Waals surface area (Å²) < 4.78 is 0. The quantitative estimate of drug-likeness (QED) is 0.448. The summed E-state index contributed by atoms with van der Waals surface area (Å²) in [5.74, 6) is -3.31. The first-order valence-electron chi connectivity index (χ1n) is 7.31. The van der Waals surface area contributed by atoms with Crippen molar-refractivity contribution < 1.29 is 29.2 Å². The minimum Gasteiger partial charge on any atom is -0.478 e. The molecule has 10 nitrogen and oxygen atoms in total. The molecule has 1 aliphatic heterocycles. The smallest absolute Gasteiger partial charge is 0.335 e. The molecule has 1 aromatic rings. The van der Waals surface area contributed by atoms with Crippen LogP contribution in [-0.4, -0.2) is 50.7 Å². The molecule has 1 saturated heterocycles. The van der Waals surface area contributed by atoms with Crippen molar-refractivity contribution in [3.8, 4) is 0 Å². The first-order valence-corrected chi connectivity index (χ1v) is 7.31. The Bertz CT molecular complexity index is 755. The summed E-state index contributed by atoms with van der Waals surface area (Å²) in [5, 5.41) is 22.2. The highest BCUT2D eigenvalue weighted by Crippen LogP contribution is 2.20. The van der Waals surface area contributed by atoms with E-state index in [1.54, 1.807) is 13.8 Å². The third-order valence-corrected chi connectivity index (χ3v) is 3.64. The summed E-state index contributed by atoms with van der Waals surface area (Å²) in [6.07, 6.45) is -0.219. The molecule has 0 radical (unpaired) electrons. The zero-order valence-corrected chi connectivity index (χ0v) is 13.4. The van der Waals surface area contributed by atoms with Crippen LogP contribution in [0.1, 0.15) is 41.0 Å². The van der Waals surface area contributed by atoms with Crippen LogP contribution in [0.5, 0.6) is 0 Å². The maximum absolute atomic E-state index is 12.3. The number of nitrogens with zero attached hydrogens (tertiary/aromatic N) is 2. The van der Waals surface area contributed by atoms with E-state index in [1.165, 1.54) is 0 Å². The lowest BCUT2D eigenvalue weighted by molar-refractivity contribution is -0.384. The number of benzene rings is 1. The minimum atomic E-state index is -1.43. The van der Waals surface area contributed by atoms with E-state index in [-0.39, 0.29) is 18.0 Å². The molecule has 1 aliphatic rings. The van der Waals surface area contributed by atoms with Crippen molar-refractivity contribution >= 4 is 29.4 Å². The number of non-ortho nitro benzene ring substituents is 1. The van der Waals surface area contributed by atoms with E-state index >= 15 is 0 Å². The number of imide groups is 1. The lowest BCUT2D eigenvalue weighted by Gasteiger charge is -2.19. The second kappa shape index (κ2) is 6.67. The van der Waals surface area contributed by atoms with Crippen LogP contribution < -0.4 is 5.32 Å². The van der Waals surface area contributed by atoms with E-state index < -0.39 is 45.9 Å². The van der Waals surface area contributed by atoms with Crippen LogP contribution in [0.4, 0.5) is 5.69 Å². The molecule has 25 heavy (non-hydrogen) atoms. The number of carboxylic acid groups (broad SMARTS) is 1. The molecule has 1 atom stereocenters. The number of carbonyl (C=O) groups excluding carboxylic acids is 3. The number of nitrogens with one attached hydrogen (secondary N) is 1. The lowest BCUT2D eigenvalue weighted by atomic mass is 10.1. The van der Waals surface area contributed by atoms with Gasteiger partial charge in [0.1, 0.15) is 6.04 Å². The fourth-order valence-corrected chi connectivity index (χ4v) is 2.52. The van der Waals surface area contributed by atoms with Crippen molar-refractivity contribution in [2.75, 3.05) is 0 Å². The SMILES string of the molecule is CC(C)N1C(=O)CC(NC(=O)c2cc(C(=O)O)cc([N+](=O)[O-])c2)C1=O. The van der Waals surface area contributed by atoms with Gasteiger partial charge in [0.05, 0.1) is 16.9 Å². The Labute approximate surface area is 141 Å². The van der Waals surface area contributed by atoms with Crippen LogP contribution in [0, 0.1) is 10.1 Å². The third kappa shape index (κ3) is 3.62. The molecule has 1 aromatic carbocycles. The van der Waals surface area contributed by atoms with Gasteiger partial charge < -0.3 is 10.4 Å². The summed E-state index contributed by atoms with van der Waals surface area (Å²) in [6, 6.07) is 1.24. The number of likely N-dealkylation sites (tertiary alicyclic amines) is 1. The van der Waals surface area contributed by atoms with Gasteiger partial charge in [0, 0.05) is 23.7 Å². The van der Waals surface area contributed by atoms with Crippen LogP contribution in [0.2, 0.25) is 0 Å². The zero-order chi connectivity index (χ0) is 18.9. The summed E-state index contributed by atoms with van der Waals surface area (Å²) in [4.78, 5) is 58.4. The number of hydrogen-bond donors (Lipinski definition) is 2. The molecular formula is C15H15N3O7. The third-order valence-electron chi connectivity index (χ3n) is 3.64. The van der Waals surface area contributed by atoms with Gasteiger partial charge in [-0.2, -0.15) is 0 Å². The molecule has 0 aliphatic carbocycles. The summed E-state index contributed by atoms with van der Waals surface area (Å²) in [7, 11) is 0. The highest BCUT2D eigenvalue weighted by molar-refractivity contribution is 6.08. The van der Waals surface area contributed by atoms with Crippen molar-refractivity contribution in [1.29, 1.82) is 0 Å². The molecule has 0 spiro atoms. The Hall–Kier alpha value is -3.30. The monoisotopic (exact) mass is 349 g/mol. The molecule has 1 heterocycles. The van der Waals surface area contributed by atoms with Crippen LogP contribution >= 0.6 is 0 Å². The van der Waals surface area contributed by atoms with Crippen LogP contribution in [0.15, 0.2) is 18.2 Å². The molecule has 1 unspecified atom stereocenters. The number of rotatable bonds is 5. The largest absolute Gasteiger partial charge is 0.478 e. The van der Waals surface area contributed by atoms with Crippen LogP contribution in [0.25, 0.3) is 0 Å². The van der Waals surface area contributed by atoms with E-state index in [0.717, 1.165) is 23.1 Å². The predicted molar refractivity (Wildman–Crippen MR) is 82.9 cm³/mol. The van der Waals surface area contributed by atoms with Gasteiger partial charge in [0.2, 0.25) is 5.91 Å². The van der Waals surface area contributed by atoms with E-state index in [1.807, 2.05) is 0 Å². The van der Waals surface area contributed by atoms with E-state index in [0.29, 0.717) is 0 Å². The van der Waals surface area contributed by atoms with E-state index in [4.69, 9.17) is 5.11 Å². The Morgan fingerprint density at radius 1 is 1.28 bits per heavy atom. The number of amides is 3. The average Bonchev–Trinajstić information content (AvgIpc) is 2.80. The number of hydrogen-bond acceptors (Lipinski definition) is 6. The lowest BCUT2D eigenvalue weighted by Crippen LogP contribution is -2.43. The average molecular weight is 349 g/mol. The second-order valence-electron chi connectivity index (χ2n) is 5.76. The molecular weight excluding hydrogens is 334 g/mol. The second-order valence-corrected chi connectivity index (χ2v) is 5.76. The molecule has 2 rings (SSSR count). The van der Waals surface area contributed by atoms with Gasteiger partial charge in [-0.25, -0.2) is 4.79 Å². The van der Waals surface area contributed by atoms with Gasteiger partial charge in [-0.15, -0.1) is 0 Å². The Morgan fingerprint density at radius 2 is 1.88 bits per heavy atom.